The second-order valence-corrected chi connectivity index (χ2v) is 7.01. The van der Waals surface area contributed by atoms with Crippen molar-refractivity contribution < 1.29 is 5.11 Å². The molecule has 2 heterocycles. The average molecular weight is 377 g/mol. The first-order valence-corrected chi connectivity index (χ1v) is 9.60. The Hall–Kier alpha value is -2.96. The van der Waals surface area contributed by atoms with Gasteiger partial charge >= 0.3 is 0 Å². The third kappa shape index (κ3) is 3.63. The lowest BCUT2D eigenvalue weighted by molar-refractivity contribution is 0.301. The fraction of sp³-hybridized carbons (Fsp3) is 0.143. The molecule has 136 valence electrons. The number of aliphatic hydroxyl groups is 1. The number of para-hydroxylation sites is 1. The molecule has 0 amide bonds. The Kier molecular flexibility index (Phi) is 5.00. The molecule has 27 heavy (non-hydrogen) atoms. The number of aliphatic hydroxyl groups excluding tert-OH is 1. The fourth-order valence-electron chi connectivity index (χ4n) is 3.11. The summed E-state index contributed by atoms with van der Waals surface area (Å²) in [6.45, 7) is 0.979. The predicted molar refractivity (Wildman–Crippen MR) is 109 cm³/mol. The van der Waals surface area contributed by atoms with E-state index in [0.29, 0.717) is 23.7 Å². The number of benzene rings is 2. The summed E-state index contributed by atoms with van der Waals surface area (Å²) in [7, 11) is 0. The zero-order valence-corrected chi connectivity index (χ0v) is 15.5. The van der Waals surface area contributed by atoms with Gasteiger partial charge in [-0.15, -0.1) is 11.3 Å². The average Bonchev–Trinajstić information content (AvgIpc) is 3.14. The highest BCUT2D eigenvalue weighted by Gasteiger charge is 2.13. The molecule has 5 nitrogen and oxygen atoms in total. The van der Waals surface area contributed by atoms with E-state index in [2.05, 4.69) is 4.98 Å². The lowest BCUT2D eigenvalue weighted by Crippen LogP contribution is -2.27. The fourth-order valence-corrected chi connectivity index (χ4v) is 4.03. The number of nitrogens with zero attached hydrogens (tertiary/aromatic N) is 3. The van der Waals surface area contributed by atoms with Gasteiger partial charge in [0.15, 0.2) is 4.96 Å². The van der Waals surface area contributed by atoms with Gasteiger partial charge in [-0.25, -0.2) is 4.98 Å². The first-order valence-electron chi connectivity index (χ1n) is 8.73. The van der Waals surface area contributed by atoms with Crippen LogP contribution in [0.3, 0.4) is 0 Å². The molecule has 0 fully saturated rings. The molecule has 0 saturated carbocycles. The highest BCUT2D eigenvalue weighted by atomic mass is 32.1. The molecule has 0 radical (unpaired) electrons. The van der Waals surface area contributed by atoms with Crippen LogP contribution in [0.5, 0.6) is 0 Å². The smallest absolute Gasteiger partial charge is 0.259 e. The minimum Gasteiger partial charge on any atom is -0.395 e. The van der Waals surface area contributed by atoms with Gasteiger partial charge in [0.2, 0.25) is 0 Å². The lowest BCUT2D eigenvalue weighted by Gasteiger charge is -2.23. The van der Waals surface area contributed by atoms with Crippen LogP contribution in [0.15, 0.2) is 76.9 Å². The first kappa shape index (κ1) is 17.5. The van der Waals surface area contributed by atoms with Crippen LogP contribution in [-0.2, 0) is 6.54 Å². The zero-order chi connectivity index (χ0) is 18.6. The molecule has 0 unspecified atom stereocenters. The Bertz CT molecular complexity index is 1090. The van der Waals surface area contributed by atoms with E-state index in [0.717, 1.165) is 16.9 Å². The number of anilines is 1. The normalized spacial score (nSPS) is 11.0. The van der Waals surface area contributed by atoms with E-state index in [9.17, 15) is 9.90 Å². The summed E-state index contributed by atoms with van der Waals surface area (Å²) in [5.74, 6) is 0. The van der Waals surface area contributed by atoms with E-state index in [4.69, 9.17) is 0 Å². The molecule has 6 heteroatoms. The van der Waals surface area contributed by atoms with E-state index in [1.807, 2.05) is 70.9 Å². The quantitative estimate of drug-likeness (QED) is 0.559. The monoisotopic (exact) mass is 377 g/mol. The maximum Gasteiger partial charge on any atom is 0.259 e. The minimum absolute atomic E-state index is 0.0350. The van der Waals surface area contributed by atoms with Crippen molar-refractivity contribution in [2.45, 2.75) is 6.54 Å². The molecule has 0 atom stereocenters. The highest BCUT2D eigenvalue weighted by Crippen LogP contribution is 2.24. The number of aromatic nitrogens is 2. The molecule has 0 bridgehead atoms. The van der Waals surface area contributed by atoms with Gasteiger partial charge in [-0.1, -0.05) is 48.5 Å². The van der Waals surface area contributed by atoms with Gasteiger partial charge in [0.25, 0.3) is 5.56 Å². The predicted octanol–water partition coefficient (Wildman–Crippen LogP) is 3.42. The SMILES string of the molecule is O=c1cc(CN(CCO)c2ccccc2)nc2scc(-c3ccccc3)n12. The van der Waals surface area contributed by atoms with Crippen LogP contribution in [0.25, 0.3) is 16.2 Å². The van der Waals surface area contributed by atoms with Crippen molar-refractivity contribution in [3.8, 4) is 11.3 Å². The van der Waals surface area contributed by atoms with Gasteiger partial charge in [-0.3, -0.25) is 9.20 Å². The number of hydrogen-bond acceptors (Lipinski definition) is 5. The van der Waals surface area contributed by atoms with E-state index in [1.165, 1.54) is 11.3 Å². The third-order valence-corrected chi connectivity index (χ3v) is 5.20. The molecule has 0 aliphatic rings. The summed E-state index contributed by atoms with van der Waals surface area (Å²) in [6, 6.07) is 21.3. The Morgan fingerprint density at radius 2 is 1.74 bits per heavy atom. The number of thiazole rings is 1. The second-order valence-electron chi connectivity index (χ2n) is 6.17. The third-order valence-electron chi connectivity index (χ3n) is 4.37. The molecule has 2 aromatic heterocycles. The standard InChI is InChI=1S/C21H19N3O2S/c25-12-11-23(18-9-5-2-6-10-18)14-17-13-20(26)24-19(15-27-21(24)22-17)16-7-3-1-4-8-16/h1-10,13,15,25H,11-12,14H2. The summed E-state index contributed by atoms with van der Waals surface area (Å²) in [5, 5.41) is 11.4. The van der Waals surface area contributed by atoms with Gasteiger partial charge < -0.3 is 10.0 Å². The Morgan fingerprint density at radius 1 is 1.04 bits per heavy atom. The van der Waals surface area contributed by atoms with E-state index >= 15 is 0 Å². The van der Waals surface area contributed by atoms with Crippen molar-refractivity contribution in [3.63, 3.8) is 0 Å². The highest BCUT2D eigenvalue weighted by molar-refractivity contribution is 7.15. The van der Waals surface area contributed by atoms with Crippen LogP contribution in [0.4, 0.5) is 5.69 Å². The van der Waals surface area contributed by atoms with Crippen molar-refractivity contribution in [2.24, 2.45) is 0 Å². The van der Waals surface area contributed by atoms with Crippen molar-refractivity contribution in [1.82, 2.24) is 9.38 Å². The molecule has 2 aromatic carbocycles. The molecule has 0 spiro atoms. The molecule has 4 rings (SSSR count). The zero-order valence-electron chi connectivity index (χ0n) is 14.7. The van der Waals surface area contributed by atoms with Crippen LogP contribution in [-0.4, -0.2) is 27.6 Å². The largest absolute Gasteiger partial charge is 0.395 e. The van der Waals surface area contributed by atoms with Crippen molar-refractivity contribution in [3.05, 3.63) is 88.2 Å². The Balaban J connectivity index is 1.70. The summed E-state index contributed by atoms with van der Waals surface area (Å²) >= 11 is 1.46. The number of hydrogen-bond donors (Lipinski definition) is 1. The van der Waals surface area contributed by atoms with Gasteiger partial charge in [0, 0.05) is 23.7 Å². The first-order chi connectivity index (χ1) is 13.3. The van der Waals surface area contributed by atoms with Gasteiger partial charge in [0.05, 0.1) is 24.5 Å². The van der Waals surface area contributed by atoms with E-state index in [1.54, 1.807) is 10.5 Å². The maximum absolute atomic E-state index is 12.8. The summed E-state index contributed by atoms with van der Waals surface area (Å²) in [4.78, 5) is 20.2. The Morgan fingerprint density at radius 3 is 2.44 bits per heavy atom. The topological polar surface area (TPSA) is 57.8 Å². The van der Waals surface area contributed by atoms with Crippen LogP contribution in [0.2, 0.25) is 0 Å². The van der Waals surface area contributed by atoms with E-state index in [-0.39, 0.29) is 12.2 Å². The van der Waals surface area contributed by atoms with Crippen molar-refractivity contribution in [2.75, 3.05) is 18.1 Å². The molecule has 0 saturated heterocycles. The van der Waals surface area contributed by atoms with Crippen molar-refractivity contribution in [1.29, 1.82) is 0 Å². The van der Waals surface area contributed by atoms with Gasteiger partial charge in [-0.05, 0) is 17.7 Å². The molecular formula is C21H19N3O2S. The number of rotatable bonds is 6. The minimum atomic E-state index is -0.0906. The number of fused-ring (bicyclic) bond motifs is 1. The Labute approximate surface area is 160 Å². The molecule has 0 aliphatic heterocycles. The van der Waals surface area contributed by atoms with Crippen LogP contribution in [0, 0.1) is 0 Å². The van der Waals surface area contributed by atoms with E-state index < -0.39 is 0 Å². The molecule has 1 N–H and O–H groups in total. The van der Waals surface area contributed by atoms with Crippen LogP contribution in [0.1, 0.15) is 5.69 Å². The van der Waals surface area contributed by atoms with Crippen molar-refractivity contribution >= 4 is 22.0 Å². The summed E-state index contributed by atoms with van der Waals surface area (Å²) in [5.41, 5.74) is 3.44. The molecular weight excluding hydrogens is 358 g/mol. The lowest BCUT2D eigenvalue weighted by atomic mass is 10.2. The molecule has 4 aromatic rings. The second kappa shape index (κ2) is 7.73. The maximum atomic E-state index is 12.8. The van der Waals surface area contributed by atoms with Gasteiger partial charge in [0.1, 0.15) is 0 Å². The van der Waals surface area contributed by atoms with Crippen LogP contribution >= 0.6 is 11.3 Å². The van der Waals surface area contributed by atoms with Gasteiger partial charge in [-0.2, -0.15) is 0 Å². The summed E-state index contributed by atoms with van der Waals surface area (Å²) < 4.78 is 1.66. The van der Waals surface area contributed by atoms with Crippen LogP contribution < -0.4 is 10.5 Å². The summed E-state index contributed by atoms with van der Waals surface area (Å²) in [6.07, 6.45) is 0. The molecule has 0 aliphatic carbocycles.